The van der Waals surface area contributed by atoms with E-state index in [0.717, 1.165) is 29.0 Å². The number of hydrogen-bond acceptors (Lipinski definition) is 10. The van der Waals surface area contributed by atoms with Crippen LogP contribution < -0.4 is 8.92 Å². The summed E-state index contributed by atoms with van der Waals surface area (Å²) in [6.45, 7) is 0.529. The molecule has 0 N–H and O–H groups in total. The number of ether oxygens (including phenoxy) is 3. The lowest BCUT2D eigenvalue weighted by Crippen LogP contribution is -2.40. The zero-order chi connectivity index (χ0) is 29.2. The number of halogens is 3. The summed E-state index contributed by atoms with van der Waals surface area (Å²) < 4.78 is 84.8. The minimum Gasteiger partial charge on any atom is -0.467 e. The third-order valence-electron chi connectivity index (χ3n) is 6.63. The number of alkyl halides is 3. The number of carbonyl (C=O) groups excluding carboxylic acids is 1. The summed E-state index contributed by atoms with van der Waals surface area (Å²) in [6.07, 6.45) is -1.99. The van der Waals surface area contributed by atoms with Gasteiger partial charge in [0.25, 0.3) is 5.91 Å². The Labute approximate surface area is 238 Å². The average molecular weight is 614 g/mol. The number of benzene rings is 1. The van der Waals surface area contributed by atoms with Gasteiger partial charge in [0, 0.05) is 36.1 Å². The molecule has 2 aromatic heterocycles. The minimum absolute atomic E-state index is 0.0735. The first kappa shape index (κ1) is 29.2. The Morgan fingerprint density at radius 2 is 1.90 bits per heavy atom. The lowest BCUT2D eigenvalue weighted by Gasteiger charge is -2.31. The second kappa shape index (κ2) is 11.9. The molecule has 10 nitrogen and oxygen atoms in total. The highest BCUT2D eigenvalue weighted by molar-refractivity contribution is 7.86. The van der Waals surface area contributed by atoms with Crippen LogP contribution in [0.5, 0.6) is 11.6 Å². The van der Waals surface area contributed by atoms with Crippen molar-refractivity contribution in [3.05, 3.63) is 69.3 Å². The number of fused-ring (bicyclic) bond motifs is 1. The Morgan fingerprint density at radius 3 is 2.63 bits per heavy atom. The van der Waals surface area contributed by atoms with Gasteiger partial charge in [-0.3, -0.25) is 4.79 Å². The van der Waals surface area contributed by atoms with Gasteiger partial charge in [-0.05, 0) is 36.6 Å². The predicted octanol–water partition coefficient (Wildman–Crippen LogP) is 4.43. The van der Waals surface area contributed by atoms with Crippen molar-refractivity contribution in [2.45, 2.75) is 44.4 Å². The zero-order valence-electron chi connectivity index (χ0n) is 21.8. The molecule has 0 bridgehead atoms. The molecular weight excluding hydrogens is 587 g/mol. The van der Waals surface area contributed by atoms with Gasteiger partial charge in [0.2, 0.25) is 12.2 Å². The lowest BCUT2D eigenvalue weighted by atomic mass is 9.97. The van der Waals surface area contributed by atoms with Gasteiger partial charge in [0.05, 0.1) is 24.5 Å². The molecular formula is C26H26F3N3O7S2. The van der Waals surface area contributed by atoms with E-state index in [4.69, 9.17) is 23.4 Å². The molecule has 4 heterocycles. The van der Waals surface area contributed by atoms with Crippen molar-refractivity contribution < 1.29 is 44.8 Å². The van der Waals surface area contributed by atoms with Crippen molar-refractivity contribution in [3.63, 3.8) is 0 Å². The molecule has 1 amide bonds. The van der Waals surface area contributed by atoms with E-state index in [1.165, 1.54) is 17.5 Å². The number of rotatable bonds is 7. The molecule has 2 aliphatic heterocycles. The van der Waals surface area contributed by atoms with Gasteiger partial charge in [0.15, 0.2) is 6.61 Å². The number of hydrogen-bond donors (Lipinski definition) is 0. The van der Waals surface area contributed by atoms with Crippen LogP contribution in [0.1, 0.15) is 52.4 Å². The molecule has 3 aromatic rings. The normalized spacial score (nSPS) is 18.4. The van der Waals surface area contributed by atoms with E-state index >= 15 is 0 Å². The summed E-state index contributed by atoms with van der Waals surface area (Å²) in [7, 11) is -3.71. The highest BCUT2D eigenvalue weighted by Crippen LogP contribution is 2.37. The summed E-state index contributed by atoms with van der Waals surface area (Å²) in [5.74, 6) is -0.755. The Balaban J connectivity index is 1.15. The molecule has 1 aromatic carbocycles. The number of amides is 1. The predicted molar refractivity (Wildman–Crippen MR) is 140 cm³/mol. The van der Waals surface area contributed by atoms with E-state index in [9.17, 15) is 26.4 Å². The van der Waals surface area contributed by atoms with E-state index in [-0.39, 0.29) is 24.9 Å². The first-order valence-electron chi connectivity index (χ1n) is 12.6. The number of carbonyl (C=O) groups is 1. The molecule has 1 fully saturated rings. The highest BCUT2D eigenvalue weighted by atomic mass is 32.2. The van der Waals surface area contributed by atoms with Crippen molar-refractivity contribution in [2.24, 2.45) is 0 Å². The topological polar surface area (TPSA) is 117 Å². The van der Waals surface area contributed by atoms with Crippen molar-refractivity contribution >= 4 is 27.4 Å². The molecule has 0 radical (unpaired) electrons. The maximum Gasteiger partial charge on any atom is 0.421 e. The number of pyridine rings is 1. The maximum atomic E-state index is 13.1. The number of aromatic nitrogens is 2. The van der Waals surface area contributed by atoms with Crippen LogP contribution in [0, 0.1) is 0 Å². The van der Waals surface area contributed by atoms with Crippen LogP contribution in [0.15, 0.2) is 41.9 Å². The van der Waals surface area contributed by atoms with Gasteiger partial charge in [-0.15, -0.1) is 11.3 Å². The van der Waals surface area contributed by atoms with E-state index in [0.29, 0.717) is 37.2 Å². The summed E-state index contributed by atoms with van der Waals surface area (Å²) >= 11 is 1.45. The Hall–Kier alpha value is -3.27. The van der Waals surface area contributed by atoms with Crippen LogP contribution in [0.3, 0.4) is 0 Å². The number of thiazole rings is 1. The number of likely N-dealkylation sites (tertiary alicyclic amines) is 1. The van der Waals surface area contributed by atoms with Gasteiger partial charge >= 0.3 is 16.3 Å². The van der Waals surface area contributed by atoms with E-state index in [1.54, 1.807) is 17.0 Å². The molecule has 0 aliphatic carbocycles. The minimum atomic E-state index is -4.63. The third-order valence-corrected chi connectivity index (χ3v) is 8.14. The summed E-state index contributed by atoms with van der Waals surface area (Å²) in [5.41, 5.74) is 0.905. The van der Waals surface area contributed by atoms with Gasteiger partial charge in [0.1, 0.15) is 17.0 Å². The zero-order valence-corrected chi connectivity index (χ0v) is 23.4. The van der Waals surface area contributed by atoms with Crippen LogP contribution in [-0.2, 0) is 43.8 Å². The molecule has 1 atom stereocenters. The van der Waals surface area contributed by atoms with E-state index < -0.39 is 46.5 Å². The fourth-order valence-corrected chi connectivity index (χ4v) is 6.08. The molecule has 220 valence electrons. The molecule has 5 rings (SSSR count). The Bertz CT molecular complexity index is 1510. The number of nitrogens with zero attached hydrogens (tertiary/aromatic N) is 3. The van der Waals surface area contributed by atoms with Crippen LogP contribution >= 0.6 is 11.3 Å². The molecule has 1 saturated heterocycles. The largest absolute Gasteiger partial charge is 0.467 e. The highest BCUT2D eigenvalue weighted by Gasteiger charge is 2.35. The fraction of sp³-hybridized carbons (Fsp3) is 0.423. The van der Waals surface area contributed by atoms with Crippen LogP contribution in [0.2, 0.25) is 0 Å². The van der Waals surface area contributed by atoms with E-state index in [2.05, 4.69) is 4.98 Å². The second-order valence-electron chi connectivity index (χ2n) is 9.54. The summed E-state index contributed by atoms with van der Waals surface area (Å²) in [6, 6.07) is 7.08. The van der Waals surface area contributed by atoms with Gasteiger partial charge in [-0.25, -0.2) is 9.97 Å². The monoisotopic (exact) mass is 613 g/mol. The first-order chi connectivity index (χ1) is 19.5. The van der Waals surface area contributed by atoms with Crippen molar-refractivity contribution in [1.29, 1.82) is 0 Å². The second-order valence-corrected chi connectivity index (χ2v) is 12.0. The third kappa shape index (κ3) is 7.15. The molecule has 15 heteroatoms. The lowest BCUT2D eigenvalue weighted by molar-refractivity contribution is -0.155. The molecule has 41 heavy (non-hydrogen) atoms. The summed E-state index contributed by atoms with van der Waals surface area (Å²) in [5, 5.41) is 2.71. The van der Waals surface area contributed by atoms with Crippen molar-refractivity contribution in [2.75, 3.05) is 26.0 Å². The molecule has 2 aliphatic rings. The first-order valence-corrected chi connectivity index (χ1v) is 15.3. The molecule has 0 saturated carbocycles. The van der Waals surface area contributed by atoms with Crippen LogP contribution in [-0.4, -0.2) is 55.1 Å². The number of piperidine rings is 1. The van der Waals surface area contributed by atoms with Crippen molar-refractivity contribution in [1.82, 2.24) is 14.9 Å². The van der Waals surface area contributed by atoms with Gasteiger partial charge in [-0.2, -0.15) is 21.6 Å². The smallest absolute Gasteiger partial charge is 0.421 e. The van der Waals surface area contributed by atoms with Crippen LogP contribution in [0.4, 0.5) is 13.2 Å². The van der Waals surface area contributed by atoms with Gasteiger partial charge in [-0.1, -0.05) is 12.1 Å². The Morgan fingerprint density at radius 1 is 1.15 bits per heavy atom. The van der Waals surface area contributed by atoms with Gasteiger partial charge < -0.3 is 23.3 Å². The SMILES string of the molecule is CS(=O)(=O)Oc1cccc2c1COC(c1csc(C3CCN(C(=O)COc4ncccc4C(F)(F)F)CC3)n1)OC2. The maximum absolute atomic E-state index is 13.1. The standard InChI is InChI=1S/C26H26F3N3O7S2/c1-41(34,35)39-21-6-2-4-17-12-37-25(38-13-18(17)21)20-15-40-24(31-20)16-7-10-32(11-8-16)22(33)14-36-23-19(26(27,28)29)5-3-9-30-23/h2-6,9,15-16,25H,7-8,10-14H2,1H3. The van der Waals surface area contributed by atoms with Crippen molar-refractivity contribution in [3.8, 4) is 11.6 Å². The van der Waals surface area contributed by atoms with E-state index in [1.807, 2.05) is 11.4 Å². The molecule has 1 unspecified atom stereocenters. The molecule has 0 spiro atoms. The Kier molecular flexibility index (Phi) is 8.50. The average Bonchev–Trinajstić information content (AvgIpc) is 3.31. The fourth-order valence-electron chi connectivity index (χ4n) is 4.61. The van der Waals surface area contributed by atoms with Crippen LogP contribution in [0.25, 0.3) is 0 Å². The quantitative estimate of drug-likeness (QED) is 0.357. The summed E-state index contributed by atoms with van der Waals surface area (Å²) in [4.78, 5) is 22.5.